The Kier molecular flexibility index (Phi) is 7.63. The molecule has 8 heteroatoms. The molecule has 0 fully saturated rings. The van der Waals surface area contributed by atoms with Gasteiger partial charge in [-0.15, -0.1) is 11.6 Å². The van der Waals surface area contributed by atoms with Crippen molar-refractivity contribution in [3.05, 3.63) is 25.6 Å². The highest BCUT2D eigenvalue weighted by Gasteiger charge is 2.10. The van der Waals surface area contributed by atoms with Gasteiger partial charge < -0.3 is 9.31 Å². The highest BCUT2D eigenvalue weighted by Crippen LogP contribution is 2.37. The zero-order valence-corrected chi connectivity index (χ0v) is 15.2. The van der Waals surface area contributed by atoms with Gasteiger partial charge in [0.25, 0.3) is 0 Å². The van der Waals surface area contributed by atoms with E-state index in [9.17, 15) is 0 Å². The Morgan fingerprint density at radius 2 is 2.00 bits per heavy atom. The van der Waals surface area contributed by atoms with Crippen LogP contribution >= 0.6 is 59.4 Å². The smallest absolute Gasteiger partial charge is 0.389 e. The van der Waals surface area contributed by atoms with E-state index in [0.29, 0.717) is 12.4 Å². The summed E-state index contributed by atoms with van der Waals surface area (Å²) in [5, 5.41) is -0.0420. The first-order chi connectivity index (χ1) is 8.02. The van der Waals surface area contributed by atoms with Gasteiger partial charge in [-0.05, 0) is 66.8 Å². The van der Waals surface area contributed by atoms with Crippen molar-refractivity contribution in [2.24, 2.45) is 0 Å². The highest BCUT2D eigenvalue weighted by atomic mass is 79.9. The van der Waals surface area contributed by atoms with E-state index in [-0.39, 0.29) is 15.4 Å². The molecule has 94 valence electrons. The molecule has 0 aliphatic heterocycles. The molecule has 0 aliphatic carbocycles. The van der Waals surface area contributed by atoms with Crippen molar-refractivity contribution >= 4 is 69.4 Å². The molecule has 0 bridgehead atoms. The summed E-state index contributed by atoms with van der Waals surface area (Å²) in [6.07, 6.45) is 0. The molecule has 1 atom stereocenters. The van der Waals surface area contributed by atoms with Crippen LogP contribution < -0.4 is 4.89 Å². The van der Waals surface area contributed by atoms with Crippen molar-refractivity contribution < 1.29 is 13.9 Å². The molecule has 0 amide bonds. The van der Waals surface area contributed by atoms with Crippen molar-refractivity contribution in [1.29, 1.82) is 0 Å². The third kappa shape index (κ3) is 5.58. The van der Waals surface area contributed by atoms with Crippen LogP contribution in [0, 0.1) is 0 Å². The molecule has 1 aromatic rings. The second kappa shape index (κ2) is 8.14. The van der Waals surface area contributed by atoms with Crippen LogP contribution in [0.15, 0.2) is 25.6 Å². The van der Waals surface area contributed by atoms with Gasteiger partial charge in [-0.3, -0.25) is 0 Å². The second-order valence-electron chi connectivity index (χ2n) is 3.02. The van der Waals surface area contributed by atoms with E-state index in [2.05, 4.69) is 47.8 Å². The minimum absolute atomic E-state index is 0.0420. The van der Waals surface area contributed by atoms with E-state index in [0.717, 1.165) is 13.4 Å². The molecule has 0 heterocycles. The molecule has 3 nitrogen and oxygen atoms in total. The number of alkyl halides is 1. The van der Waals surface area contributed by atoms with Gasteiger partial charge in [0, 0.05) is 8.95 Å². The van der Waals surface area contributed by atoms with E-state index >= 15 is 0 Å². The third-order valence-corrected chi connectivity index (χ3v) is 5.43. The molecule has 1 rings (SSSR count). The van der Waals surface area contributed by atoms with Gasteiger partial charge >= 0.3 is 10.0 Å². The maximum Gasteiger partial charge on any atom is 0.491 e. The van der Waals surface area contributed by atoms with Crippen molar-refractivity contribution in [3.63, 3.8) is 0 Å². The summed E-state index contributed by atoms with van der Waals surface area (Å²) in [5.74, 6) is 0.565. The molecule has 0 saturated carbocycles. The second-order valence-corrected chi connectivity index (χ2v) is 6.82. The van der Waals surface area contributed by atoms with Crippen LogP contribution in [0.25, 0.3) is 0 Å². The number of halogens is 4. The van der Waals surface area contributed by atoms with Gasteiger partial charge in [0.05, 0.1) is 16.5 Å². The predicted molar refractivity (Wildman–Crippen MR) is 78.3 cm³/mol. The summed E-state index contributed by atoms with van der Waals surface area (Å²) in [6.45, 7) is 2.27. The summed E-state index contributed by atoms with van der Waals surface area (Å²) in [6, 6.07) is 3.62. The standard InChI is InChI=1S/C9H8Br3ClO3Si/c1-5(13)4-14-17-16-15-7-3-2-6(10)8(11)9(7)12/h2-3,5H,4H2,1H3. The number of hydrogen-bond acceptors (Lipinski definition) is 3. The molecular formula is C9H8Br3ClO3Si. The van der Waals surface area contributed by atoms with Crippen LogP contribution in [0.1, 0.15) is 6.92 Å². The zero-order chi connectivity index (χ0) is 12.8. The fourth-order valence-electron chi connectivity index (χ4n) is 0.807. The first-order valence-corrected chi connectivity index (χ1v) is 8.13. The summed E-state index contributed by atoms with van der Waals surface area (Å²) >= 11 is 15.9. The zero-order valence-electron chi connectivity index (χ0n) is 8.68. The van der Waals surface area contributed by atoms with E-state index in [1.165, 1.54) is 0 Å². The van der Waals surface area contributed by atoms with Gasteiger partial charge in [0.15, 0.2) is 5.75 Å². The Morgan fingerprint density at radius 3 is 2.65 bits per heavy atom. The number of benzene rings is 1. The normalized spacial score (nSPS) is 12.5. The first-order valence-electron chi connectivity index (χ1n) is 4.50. The molecule has 0 saturated heterocycles. The Hall–Kier alpha value is 0.887. The van der Waals surface area contributed by atoms with Crippen molar-refractivity contribution in [1.82, 2.24) is 0 Å². The van der Waals surface area contributed by atoms with Crippen LogP contribution in [0.5, 0.6) is 5.75 Å². The topological polar surface area (TPSA) is 27.7 Å². The maximum atomic E-state index is 5.70. The van der Waals surface area contributed by atoms with E-state index in [4.69, 9.17) is 25.5 Å². The van der Waals surface area contributed by atoms with Crippen LogP contribution in [0.2, 0.25) is 0 Å². The molecule has 0 aliphatic rings. The first kappa shape index (κ1) is 15.9. The Morgan fingerprint density at radius 1 is 1.29 bits per heavy atom. The summed E-state index contributed by atoms with van der Waals surface area (Å²) in [5.41, 5.74) is 0. The molecule has 0 N–H and O–H groups in total. The molecule has 0 aromatic heterocycles. The molecular weight excluding hydrogens is 459 g/mol. The van der Waals surface area contributed by atoms with Crippen molar-refractivity contribution in [3.8, 4) is 5.75 Å². The van der Waals surface area contributed by atoms with Gasteiger partial charge in [-0.25, -0.2) is 4.58 Å². The van der Waals surface area contributed by atoms with Crippen molar-refractivity contribution in [2.45, 2.75) is 12.3 Å². The van der Waals surface area contributed by atoms with Gasteiger partial charge in [0.1, 0.15) is 0 Å². The number of hydrogen-bond donors (Lipinski definition) is 0. The van der Waals surface area contributed by atoms with Crippen LogP contribution in [-0.2, 0) is 9.00 Å². The fourth-order valence-corrected chi connectivity index (χ4v) is 2.80. The largest absolute Gasteiger partial charge is 0.491 e. The van der Waals surface area contributed by atoms with E-state index in [1.54, 1.807) is 6.07 Å². The minimum atomic E-state index is -0.214. The quantitative estimate of drug-likeness (QED) is 0.154. The minimum Gasteiger partial charge on any atom is -0.389 e. The predicted octanol–water partition coefficient (Wildman–Crippen LogP) is 4.46. The van der Waals surface area contributed by atoms with Crippen LogP contribution in [0.3, 0.4) is 0 Å². The average molecular weight is 467 g/mol. The highest BCUT2D eigenvalue weighted by molar-refractivity contribution is 9.14. The fraction of sp³-hybridized carbons (Fsp3) is 0.333. The third-order valence-electron chi connectivity index (χ3n) is 1.54. The molecule has 1 aromatic carbocycles. The van der Waals surface area contributed by atoms with Crippen LogP contribution in [0.4, 0.5) is 0 Å². The van der Waals surface area contributed by atoms with Crippen LogP contribution in [-0.4, -0.2) is 22.0 Å². The SMILES string of the molecule is CC(Cl)CO[Si]OOc1ccc(Br)c(Br)c1Br. The maximum absolute atomic E-state index is 5.70. The molecule has 0 spiro atoms. The monoisotopic (exact) mass is 464 g/mol. The Bertz CT molecular complexity index is 379. The van der Waals surface area contributed by atoms with Gasteiger partial charge in [0.2, 0.25) is 0 Å². The van der Waals surface area contributed by atoms with Gasteiger partial charge in [-0.2, -0.15) is 0 Å². The van der Waals surface area contributed by atoms with Gasteiger partial charge in [-0.1, -0.05) is 0 Å². The summed E-state index contributed by atoms with van der Waals surface area (Å²) in [7, 11) is -0.214. The van der Waals surface area contributed by atoms with E-state index in [1.807, 2.05) is 13.0 Å². The lowest BCUT2D eigenvalue weighted by Gasteiger charge is -2.08. The number of rotatable bonds is 6. The van der Waals surface area contributed by atoms with Crippen molar-refractivity contribution in [2.75, 3.05) is 6.61 Å². The molecule has 17 heavy (non-hydrogen) atoms. The lowest BCUT2D eigenvalue weighted by Crippen LogP contribution is -2.13. The molecule has 1 unspecified atom stereocenters. The lowest BCUT2D eigenvalue weighted by molar-refractivity contribution is -0.116. The summed E-state index contributed by atoms with van der Waals surface area (Å²) < 4.78 is 12.6. The lowest BCUT2D eigenvalue weighted by atomic mass is 10.3. The Balaban J connectivity index is 2.40. The summed E-state index contributed by atoms with van der Waals surface area (Å²) in [4.78, 5) is 5.10. The average Bonchev–Trinajstić information content (AvgIpc) is 2.28. The Labute approximate surface area is 133 Å². The van der Waals surface area contributed by atoms with E-state index < -0.39 is 0 Å². The molecule has 2 radical (unpaired) electrons.